The SMILES string of the molecule is Cc1cc(CN(C)C(=O)Nc2cccc(OCc3ccc(F)cc3)c2)no1. The van der Waals surface area contributed by atoms with Crippen molar-refractivity contribution in [1.29, 1.82) is 0 Å². The number of carbonyl (C=O) groups is 1. The summed E-state index contributed by atoms with van der Waals surface area (Å²) < 4.78 is 23.6. The summed E-state index contributed by atoms with van der Waals surface area (Å²) in [6.07, 6.45) is 0. The zero-order chi connectivity index (χ0) is 19.2. The minimum atomic E-state index is -0.284. The highest BCUT2D eigenvalue weighted by molar-refractivity contribution is 5.89. The molecule has 0 radical (unpaired) electrons. The number of halogens is 1. The Morgan fingerprint density at radius 3 is 2.70 bits per heavy atom. The first-order valence-corrected chi connectivity index (χ1v) is 8.41. The molecule has 0 aliphatic heterocycles. The zero-order valence-corrected chi connectivity index (χ0v) is 15.1. The Balaban J connectivity index is 1.56. The summed E-state index contributed by atoms with van der Waals surface area (Å²) in [5, 5.41) is 6.69. The number of aromatic nitrogens is 1. The third kappa shape index (κ3) is 5.31. The van der Waals surface area contributed by atoms with Gasteiger partial charge in [-0.1, -0.05) is 23.4 Å². The molecule has 1 N–H and O–H groups in total. The van der Waals surface area contributed by atoms with Gasteiger partial charge in [0.1, 0.15) is 29.6 Å². The van der Waals surface area contributed by atoms with E-state index in [1.165, 1.54) is 17.0 Å². The van der Waals surface area contributed by atoms with Crippen LogP contribution in [0.5, 0.6) is 5.75 Å². The number of nitrogens with one attached hydrogen (secondary N) is 1. The summed E-state index contributed by atoms with van der Waals surface area (Å²) in [5.41, 5.74) is 2.15. The summed E-state index contributed by atoms with van der Waals surface area (Å²) in [6.45, 7) is 2.45. The van der Waals surface area contributed by atoms with Gasteiger partial charge in [0.2, 0.25) is 0 Å². The predicted molar refractivity (Wildman–Crippen MR) is 98.9 cm³/mol. The maximum absolute atomic E-state index is 12.9. The lowest BCUT2D eigenvalue weighted by molar-refractivity contribution is 0.219. The summed E-state index contributed by atoms with van der Waals surface area (Å²) in [7, 11) is 1.67. The van der Waals surface area contributed by atoms with Gasteiger partial charge in [-0.05, 0) is 36.8 Å². The fourth-order valence-corrected chi connectivity index (χ4v) is 2.44. The molecule has 27 heavy (non-hydrogen) atoms. The minimum absolute atomic E-state index is 0.272. The number of nitrogens with zero attached hydrogens (tertiary/aromatic N) is 2. The summed E-state index contributed by atoms with van der Waals surface area (Å²) >= 11 is 0. The second-order valence-electron chi connectivity index (χ2n) is 6.16. The van der Waals surface area contributed by atoms with Crippen LogP contribution in [0.4, 0.5) is 14.9 Å². The fourth-order valence-electron chi connectivity index (χ4n) is 2.44. The Kier molecular flexibility index (Phi) is 5.71. The summed E-state index contributed by atoms with van der Waals surface area (Å²) in [4.78, 5) is 13.8. The predicted octanol–water partition coefficient (Wildman–Crippen LogP) is 4.37. The Morgan fingerprint density at radius 1 is 1.22 bits per heavy atom. The lowest BCUT2D eigenvalue weighted by Gasteiger charge is -2.17. The number of ether oxygens (including phenoxy) is 1. The van der Waals surface area contributed by atoms with Crippen LogP contribution in [0.25, 0.3) is 0 Å². The van der Waals surface area contributed by atoms with E-state index in [0.29, 0.717) is 36.0 Å². The van der Waals surface area contributed by atoms with Crippen molar-refractivity contribution in [2.24, 2.45) is 0 Å². The molecule has 0 saturated carbocycles. The smallest absolute Gasteiger partial charge is 0.321 e. The van der Waals surface area contributed by atoms with Crippen LogP contribution in [-0.2, 0) is 13.2 Å². The standard InChI is InChI=1S/C20H20FN3O3/c1-14-10-18(23-27-14)12-24(2)20(25)22-17-4-3-5-19(11-17)26-13-15-6-8-16(21)9-7-15/h3-11H,12-13H2,1-2H3,(H,22,25). The molecule has 1 heterocycles. The molecular formula is C20H20FN3O3. The Bertz CT molecular complexity index is 909. The molecule has 0 bridgehead atoms. The van der Waals surface area contributed by atoms with E-state index >= 15 is 0 Å². The summed E-state index contributed by atoms with van der Waals surface area (Å²) in [6, 6.07) is 14.7. The van der Waals surface area contributed by atoms with Crippen molar-refractivity contribution in [3.63, 3.8) is 0 Å². The molecule has 140 valence electrons. The van der Waals surface area contributed by atoms with E-state index in [1.807, 2.05) is 0 Å². The van der Waals surface area contributed by atoms with Crippen LogP contribution in [0.3, 0.4) is 0 Å². The van der Waals surface area contributed by atoms with Gasteiger partial charge in [-0.2, -0.15) is 0 Å². The van der Waals surface area contributed by atoms with Crippen LogP contribution in [0.15, 0.2) is 59.1 Å². The number of benzene rings is 2. The van der Waals surface area contributed by atoms with Gasteiger partial charge in [-0.25, -0.2) is 9.18 Å². The van der Waals surface area contributed by atoms with E-state index in [4.69, 9.17) is 9.26 Å². The van der Waals surface area contributed by atoms with Crippen molar-refractivity contribution in [3.05, 3.63) is 77.4 Å². The van der Waals surface area contributed by atoms with E-state index in [0.717, 1.165) is 5.56 Å². The highest BCUT2D eigenvalue weighted by Crippen LogP contribution is 2.19. The van der Waals surface area contributed by atoms with E-state index in [1.54, 1.807) is 56.4 Å². The van der Waals surface area contributed by atoms with Gasteiger partial charge in [0.25, 0.3) is 0 Å². The van der Waals surface area contributed by atoms with Crippen molar-refractivity contribution >= 4 is 11.7 Å². The molecule has 0 aliphatic rings. The van der Waals surface area contributed by atoms with Crippen molar-refractivity contribution in [3.8, 4) is 5.75 Å². The van der Waals surface area contributed by atoms with Gasteiger partial charge in [0, 0.05) is 24.9 Å². The first-order valence-electron chi connectivity index (χ1n) is 8.41. The Morgan fingerprint density at radius 2 is 2.00 bits per heavy atom. The Hall–Kier alpha value is -3.35. The molecule has 3 aromatic rings. The topological polar surface area (TPSA) is 67.6 Å². The lowest BCUT2D eigenvalue weighted by atomic mass is 10.2. The molecule has 7 heteroatoms. The second kappa shape index (κ2) is 8.35. The first-order chi connectivity index (χ1) is 13.0. The monoisotopic (exact) mass is 369 g/mol. The maximum atomic E-state index is 12.9. The lowest BCUT2D eigenvalue weighted by Crippen LogP contribution is -2.30. The largest absolute Gasteiger partial charge is 0.489 e. The zero-order valence-electron chi connectivity index (χ0n) is 15.1. The minimum Gasteiger partial charge on any atom is -0.489 e. The molecule has 0 spiro atoms. The van der Waals surface area contributed by atoms with E-state index < -0.39 is 0 Å². The number of amides is 2. The Labute approximate surface area is 156 Å². The number of anilines is 1. The highest BCUT2D eigenvalue weighted by Gasteiger charge is 2.12. The first kappa shape index (κ1) is 18.4. The van der Waals surface area contributed by atoms with Gasteiger partial charge in [-0.15, -0.1) is 0 Å². The maximum Gasteiger partial charge on any atom is 0.321 e. The quantitative estimate of drug-likeness (QED) is 0.701. The van der Waals surface area contributed by atoms with Gasteiger partial charge in [-0.3, -0.25) is 0 Å². The third-order valence-electron chi connectivity index (χ3n) is 3.83. The molecule has 0 saturated heterocycles. The van der Waals surface area contributed by atoms with E-state index in [2.05, 4.69) is 10.5 Å². The third-order valence-corrected chi connectivity index (χ3v) is 3.83. The average molecular weight is 369 g/mol. The number of carbonyl (C=O) groups excluding carboxylic acids is 1. The van der Waals surface area contributed by atoms with Crippen LogP contribution in [0.2, 0.25) is 0 Å². The van der Waals surface area contributed by atoms with Crippen molar-refractivity contribution in [2.45, 2.75) is 20.1 Å². The molecule has 0 fully saturated rings. The normalized spacial score (nSPS) is 10.5. The molecule has 0 atom stereocenters. The van der Waals surface area contributed by atoms with Crippen LogP contribution < -0.4 is 10.1 Å². The fraction of sp³-hybridized carbons (Fsp3) is 0.200. The van der Waals surface area contributed by atoms with Crippen LogP contribution >= 0.6 is 0 Å². The van der Waals surface area contributed by atoms with E-state index in [-0.39, 0.29) is 11.8 Å². The average Bonchev–Trinajstić information content (AvgIpc) is 3.06. The molecule has 2 aromatic carbocycles. The number of aryl methyl sites for hydroxylation is 1. The van der Waals surface area contributed by atoms with Crippen molar-refractivity contribution < 1.29 is 18.4 Å². The molecule has 3 rings (SSSR count). The molecule has 6 nitrogen and oxygen atoms in total. The van der Waals surface area contributed by atoms with Gasteiger partial charge >= 0.3 is 6.03 Å². The molecule has 0 aliphatic carbocycles. The van der Waals surface area contributed by atoms with Gasteiger partial charge < -0.3 is 19.5 Å². The van der Waals surface area contributed by atoms with Crippen molar-refractivity contribution in [2.75, 3.05) is 12.4 Å². The van der Waals surface area contributed by atoms with Crippen LogP contribution in [-0.4, -0.2) is 23.1 Å². The highest BCUT2D eigenvalue weighted by atomic mass is 19.1. The molecule has 2 amide bonds. The number of hydrogen-bond acceptors (Lipinski definition) is 4. The molecule has 0 unspecified atom stereocenters. The van der Waals surface area contributed by atoms with E-state index in [9.17, 15) is 9.18 Å². The molecule has 1 aromatic heterocycles. The summed E-state index contributed by atoms with van der Waals surface area (Å²) in [5.74, 6) is 1.02. The van der Waals surface area contributed by atoms with Crippen LogP contribution in [0, 0.1) is 12.7 Å². The number of urea groups is 1. The van der Waals surface area contributed by atoms with Crippen molar-refractivity contribution in [1.82, 2.24) is 10.1 Å². The van der Waals surface area contributed by atoms with Gasteiger partial charge in [0.15, 0.2) is 0 Å². The number of rotatable bonds is 6. The second-order valence-corrected chi connectivity index (χ2v) is 6.16. The molecular weight excluding hydrogens is 349 g/mol. The van der Waals surface area contributed by atoms with Crippen LogP contribution in [0.1, 0.15) is 17.0 Å². The van der Waals surface area contributed by atoms with Gasteiger partial charge in [0.05, 0.1) is 6.54 Å². The number of hydrogen-bond donors (Lipinski definition) is 1.